The third kappa shape index (κ3) is 4.42. The van der Waals surface area contributed by atoms with Gasteiger partial charge in [0.05, 0.1) is 6.21 Å². The Morgan fingerprint density at radius 2 is 1.92 bits per heavy atom. The second-order valence-corrected chi connectivity index (χ2v) is 5.95. The average molecular weight is 352 g/mol. The van der Waals surface area contributed by atoms with E-state index in [0.29, 0.717) is 11.4 Å². The number of H-pyrrole nitrogens is 1. The SMILES string of the molecule is CCCc1n[nH]c(=S)n1N=Cc1ccccc1OCc1ccccc1. The van der Waals surface area contributed by atoms with Gasteiger partial charge in [0.15, 0.2) is 5.82 Å². The Kier molecular flexibility index (Phi) is 5.74. The maximum Gasteiger partial charge on any atom is 0.216 e. The number of aromatic nitrogens is 3. The lowest BCUT2D eigenvalue weighted by atomic mass is 10.2. The number of hydrogen-bond acceptors (Lipinski definition) is 4. The van der Waals surface area contributed by atoms with Crippen LogP contribution in [0, 0.1) is 4.77 Å². The number of ether oxygens (including phenoxy) is 1. The van der Waals surface area contributed by atoms with Crippen LogP contribution in [0.4, 0.5) is 0 Å². The van der Waals surface area contributed by atoms with Crippen molar-refractivity contribution >= 4 is 18.4 Å². The lowest BCUT2D eigenvalue weighted by molar-refractivity contribution is 0.306. The summed E-state index contributed by atoms with van der Waals surface area (Å²) in [5.41, 5.74) is 2.01. The average Bonchev–Trinajstić information content (AvgIpc) is 3.00. The van der Waals surface area contributed by atoms with E-state index in [1.807, 2.05) is 54.6 Å². The van der Waals surface area contributed by atoms with Crippen molar-refractivity contribution in [1.29, 1.82) is 0 Å². The maximum absolute atomic E-state index is 5.95. The number of para-hydroxylation sites is 1. The monoisotopic (exact) mass is 352 g/mol. The van der Waals surface area contributed by atoms with Crippen LogP contribution < -0.4 is 4.74 Å². The van der Waals surface area contributed by atoms with Crippen molar-refractivity contribution in [1.82, 2.24) is 14.9 Å². The highest BCUT2D eigenvalue weighted by Gasteiger charge is 2.05. The first-order valence-corrected chi connectivity index (χ1v) is 8.65. The number of rotatable bonds is 7. The Labute approximate surface area is 152 Å². The molecule has 0 saturated heterocycles. The number of benzene rings is 2. The summed E-state index contributed by atoms with van der Waals surface area (Å²) in [6, 6.07) is 17.9. The van der Waals surface area contributed by atoms with Crippen molar-refractivity contribution in [3.63, 3.8) is 0 Å². The van der Waals surface area contributed by atoms with Gasteiger partial charge in [-0.1, -0.05) is 49.4 Å². The zero-order valence-corrected chi connectivity index (χ0v) is 14.9. The minimum atomic E-state index is 0.488. The normalized spacial score (nSPS) is 11.1. The standard InChI is InChI=1S/C19H20N4OS/c1-2-8-18-21-22-19(25)23(18)20-13-16-11-6-7-12-17(16)24-14-15-9-4-3-5-10-15/h3-7,9-13H,2,8,14H2,1H3,(H,22,25). The third-order valence-electron chi connectivity index (χ3n) is 3.66. The molecule has 3 rings (SSSR count). The maximum atomic E-state index is 5.95. The van der Waals surface area contributed by atoms with E-state index in [1.54, 1.807) is 10.9 Å². The van der Waals surface area contributed by atoms with Crippen LogP contribution in [-0.2, 0) is 13.0 Å². The van der Waals surface area contributed by atoms with Crippen molar-refractivity contribution in [3.05, 3.63) is 76.3 Å². The molecule has 0 spiro atoms. The number of nitrogens with zero attached hydrogens (tertiary/aromatic N) is 3. The lowest BCUT2D eigenvalue weighted by Crippen LogP contribution is -2.01. The van der Waals surface area contributed by atoms with E-state index in [1.165, 1.54) is 0 Å². The summed E-state index contributed by atoms with van der Waals surface area (Å²) < 4.78 is 8.10. The molecule has 1 N–H and O–H groups in total. The first-order chi connectivity index (χ1) is 12.3. The molecule has 5 nitrogen and oxygen atoms in total. The van der Waals surface area contributed by atoms with Gasteiger partial charge in [0.1, 0.15) is 12.4 Å². The summed E-state index contributed by atoms with van der Waals surface area (Å²) in [7, 11) is 0. The molecule has 3 aromatic rings. The van der Waals surface area contributed by atoms with E-state index in [2.05, 4.69) is 22.2 Å². The Hall–Kier alpha value is -2.73. The molecule has 1 heterocycles. The minimum Gasteiger partial charge on any atom is -0.488 e. The van der Waals surface area contributed by atoms with Crippen LogP contribution >= 0.6 is 12.2 Å². The molecule has 0 amide bonds. The topological polar surface area (TPSA) is 55.2 Å². The van der Waals surface area contributed by atoms with Gasteiger partial charge < -0.3 is 4.74 Å². The second-order valence-electron chi connectivity index (χ2n) is 5.56. The smallest absolute Gasteiger partial charge is 0.216 e. The summed E-state index contributed by atoms with van der Waals surface area (Å²) >= 11 is 5.25. The summed E-state index contributed by atoms with van der Waals surface area (Å²) in [4.78, 5) is 0. The fourth-order valence-corrected chi connectivity index (χ4v) is 2.60. The third-order valence-corrected chi connectivity index (χ3v) is 3.92. The van der Waals surface area contributed by atoms with Crippen LogP contribution in [0.15, 0.2) is 59.7 Å². The number of aromatic amines is 1. The molecule has 0 unspecified atom stereocenters. The van der Waals surface area contributed by atoms with Crippen LogP contribution in [-0.4, -0.2) is 21.1 Å². The molecular formula is C19H20N4OS. The van der Waals surface area contributed by atoms with Crippen LogP contribution in [0.2, 0.25) is 0 Å². The van der Waals surface area contributed by atoms with Crippen LogP contribution in [0.3, 0.4) is 0 Å². The predicted molar refractivity (Wildman–Crippen MR) is 102 cm³/mol. The number of aryl methyl sites for hydroxylation is 1. The molecule has 0 saturated carbocycles. The van der Waals surface area contributed by atoms with E-state index in [9.17, 15) is 0 Å². The fourth-order valence-electron chi connectivity index (χ4n) is 2.40. The second kappa shape index (κ2) is 8.39. The Bertz CT molecular complexity index is 899. The molecule has 0 aliphatic carbocycles. The summed E-state index contributed by atoms with van der Waals surface area (Å²) in [6.45, 7) is 2.61. The largest absolute Gasteiger partial charge is 0.488 e. The zero-order valence-electron chi connectivity index (χ0n) is 14.1. The van der Waals surface area contributed by atoms with Gasteiger partial charge in [-0.25, -0.2) is 0 Å². The molecule has 0 radical (unpaired) electrons. The van der Waals surface area contributed by atoms with Gasteiger partial charge >= 0.3 is 0 Å². The molecule has 0 bridgehead atoms. The first-order valence-electron chi connectivity index (χ1n) is 8.24. The summed E-state index contributed by atoms with van der Waals surface area (Å²) in [5, 5.41) is 11.5. The molecule has 1 aromatic heterocycles. The van der Waals surface area contributed by atoms with Gasteiger partial charge in [-0.15, -0.1) is 0 Å². The highest BCUT2D eigenvalue weighted by molar-refractivity contribution is 7.71. The van der Waals surface area contributed by atoms with Crippen LogP contribution in [0.5, 0.6) is 5.75 Å². The Balaban J connectivity index is 1.79. The van der Waals surface area contributed by atoms with E-state index >= 15 is 0 Å². The quantitative estimate of drug-likeness (QED) is 0.508. The van der Waals surface area contributed by atoms with E-state index in [0.717, 1.165) is 35.5 Å². The predicted octanol–water partition coefficient (Wildman–Crippen LogP) is 4.35. The molecule has 0 atom stereocenters. The van der Waals surface area contributed by atoms with Gasteiger partial charge in [-0.05, 0) is 36.3 Å². The lowest BCUT2D eigenvalue weighted by Gasteiger charge is -2.09. The molecule has 0 aliphatic rings. The van der Waals surface area contributed by atoms with Gasteiger partial charge in [0.25, 0.3) is 0 Å². The Morgan fingerprint density at radius 1 is 1.16 bits per heavy atom. The van der Waals surface area contributed by atoms with Crippen LogP contribution in [0.1, 0.15) is 30.3 Å². The van der Waals surface area contributed by atoms with Crippen molar-refractivity contribution in [2.75, 3.05) is 0 Å². The van der Waals surface area contributed by atoms with Gasteiger partial charge in [-0.3, -0.25) is 5.10 Å². The van der Waals surface area contributed by atoms with E-state index in [-0.39, 0.29) is 0 Å². The van der Waals surface area contributed by atoms with E-state index < -0.39 is 0 Å². The van der Waals surface area contributed by atoms with Crippen LogP contribution in [0.25, 0.3) is 0 Å². The molecule has 25 heavy (non-hydrogen) atoms. The zero-order chi connectivity index (χ0) is 17.5. The van der Waals surface area contributed by atoms with Gasteiger partial charge in [0.2, 0.25) is 4.77 Å². The van der Waals surface area contributed by atoms with Gasteiger partial charge in [0, 0.05) is 12.0 Å². The first kappa shape index (κ1) is 17.1. The number of hydrogen-bond donors (Lipinski definition) is 1. The molecule has 6 heteroatoms. The molecule has 2 aromatic carbocycles. The van der Waals surface area contributed by atoms with Crippen molar-refractivity contribution in [3.8, 4) is 5.75 Å². The summed E-state index contributed by atoms with van der Waals surface area (Å²) in [5.74, 6) is 1.61. The van der Waals surface area contributed by atoms with Crippen molar-refractivity contribution in [2.45, 2.75) is 26.4 Å². The minimum absolute atomic E-state index is 0.488. The van der Waals surface area contributed by atoms with Gasteiger partial charge in [-0.2, -0.15) is 14.9 Å². The Morgan fingerprint density at radius 3 is 2.72 bits per heavy atom. The molecule has 0 aliphatic heterocycles. The molecule has 128 valence electrons. The molecular weight excluding hydrogens is 332 g/mol. The fraction of sp³-hybridized carbons (Fsp3) is 0.211. The highest BCUT2D eigenvalue weighted by atomic mass is 32.1. The number of nitrogens with one attached hydrogen (secondary N) is 1. The highest BCUT2D eigenvalue weighted by Crippen LogP contribution is 2.18. The summed E-state index contributed by atoms with van der Waals surface area (Å²) in [6.07, 6.45) is 3.55. The van der Waals surface area contributed by atoms with E-state index in [4.69, 9.17) is 17.0 Å². The molecule has 0 fully saturated rings. The van der Waals surface area contributed by atoms with Crippen molar-refractivity contribution in [2.24, 2.45) is 5.10 Å². The van der Waals surface area contributed by atoms with Crippen molar-refractivity contribution < 1.29 is 4.74 Å².